The summed E-state index contributed by atoms with van der Waals surface area (Å²) in [5.41, 5.74) is 0. The summed E-state index contributed by atoms with van der Waals surface area (Å²) in [6, 6.07) is 0. The van der Waals surface area contributed by atoms with E-state index < -0.39 is 19.0 Å². The number of ether oxygens (including phenoxy) is 1. The quantitative estimate of drug-likeness (QED) is 0.447. The van der Waals surface area contributed by atoms with Crippen molar-refractivity contribution in [3.8, 4) is 0 Å². The second-order valence-electron chi connectivity index (χ2n) is 1.00. The first kappa shape index (κ1) is 1.46. The highest BCUT2D eigenvalue weighted by Gasteiger charge is 2.09. The van der Waals surface area contributed by atoms with Crippen LogP contribution in [0.4, 0.5) is 0 Å². The van der Waals surface area contributed by atoms with E-state index in [9.17, 15) is 0 Å². The fraction of sp³-hybridized carbons (Fsp3) is 1.00. The van der Waals surface area contributed by atoms with Crippen LogP contribution < -0.4 is 0 Å². The molecule has 36 valence electrons. The Hall–Kier alpha value is -0.0800. The van der Waals surface area contributed by atoms with E-state index in [1.165, 1.54) is 0 Å². The molecule has 1 aliphatic rings. The number of aliphatic hydroxyl groups is 1. The molecule has 1 N–H and O–H groups in total. The number of hydrogen-bond donors (Lipinski definition) is 1. The molecule has 1 unspecified atom stereocenters. The van der Waals surface area contributed by atoms with Gasteiger partial charge in [0.15, 0.2) is 0 Å². The van der Waals surface area contributed by atoms with Gasteiger partial charge in [0.1, 0.15) is 0 Å². The molecule has 0 aromatic carbocycles. The van der Waals surface area contributed by atoms with Crippen LogP contribution in [0, 0.1) is 0 Å². The van der Waals surface area contributed by atoms with Crippen molar-refractivity contribution in [3.63, 3.8) is 0 Å². The Kier molecular flexibility index (Phi) is 0.383. The first-order valence-corrected chi connectivity index (χ1v) is 1.66. The minimum atomic E-state index is -2.42. The zero-order chi connectivity index (χ0) is 7.99. The third-order valence-corrected chi connectivity index (χ3v) is 0.537. The van der Waals surface area contributed by atoms with Gasteiger partial charge in [0.05, 0.1) is 16.8 Å². The molecule has 0 radical (unpaired) electrons. The van der Waals surface area contributed by atoms with Crippen LogP contribution in [-0.2, 0) is 4.74 Å². The normalized spacial score (nSPS) is 77.2. The molecule has 0 spiro atoms. The van der Waals surface area contributed by atoms with Crippen molar-refractivity contribution in [2.24, 2.45) is 0 Å². The molecule has 1 fully saturated rings. The average Bonchev–Trinajstić information content (AvgIpc) is 1.94. The second-order valence-corrected chi connectivity index (χ2v) is 1.00. The van der Waals surface area contributed by atoms with Crippen molar-refractivity contribution in [1.29, 1.82) is 0 Å². The lowest BCUT2D eigenvalue weighted by Gasteiger charge is -1.89. The maximum Gasteiger partial charge on any atom is 0.0795 e. The lowest BCUT2D eigenvalue weighted by molar-refractivity contribution is 0.127. The smallest absolute Gasteiger partial charge is 0.0795 e. The lowest BCUT2D eigenvalue weighted by atomic mass is 10.3. The van der Waals surface area contributed by atoms with Crippen molar-refractivity contribution in [3.05, 3.63) is 0 Å². The largest absolute Gasteiger partial charge is 0.391 e. The van der Waals surface area contributed by atoms with Gasteiger partial charge in [0.25, 0.3) is 0 Å². The summed E-state index contributed by atoms with van der Waals surface area (Å²) in [4.78, 5) is 0. The van der Waals surface area contributed by atoms with E-state index >= 15 is 0 Å². The van der Waals surface area contributed by atoms with E-state index in [0.717, 1.165) is 0 Å². The van der Waals surface area contributed by atoms with Gasteiger partial charge in [-0.1, -0.05) is 0 Å². The minimum Gasteiger partial charge on any atom is -0.391 e. The number of hydrogen-bond acceptors (Lipinski definition) is 2. The van der Waals surface area contributed by atoms with Gasteiger partial charge in [-0.25, -0.2) is 0 Å². The summed E-state index contributed by atoms with van der Waals surface area (Å²) in [5.74, 6) is 0. The van der Waals surface area contributed by atoms with Crippen molar-refractivity contribution in [2.45, 2.75) is 12.5 Å². The van der Waals surface area contributed by atoms with Crippen LogP contribution >= 0.6 is 0 Å². The molecule has 2 nitrogen and oxygen atoms in total. The van der Waals surface area contributed by atoms with Crippen molar-refractivity contribution >= 4 is 0 Å². The van der Waals surface area contributed by atoms with Crippen LogP contribution in [-0.4, -0.2) is 24.4 Å². The van der Waals surface area contributed by atoms with Crippen molar-refractivity contribution in [1.82, 2.24) is 0 Å². The van der Waals surface area contributed by atoms with E-state index in [1.807, 2.05) is 0 Å². The number of rotatable bonds is 0. The highest BCUT2D eigenvalue weighted by Crippen LogP contribution is 2.00. The molecule has 1 heterocycles. The Labute approximate surface area is 42.4 Å². The Bertz CT molecular complexity index is 146. The van der Waals surface area contributed by atoms with E-state index in [2.05, 4.69) is 4.74 Å². The van der Waals surface area contributed by atoms with Crippen LogP contribution in [0.3, 0.4) is 0 Å². The topological polar surface area (TPSA) is 29.5 Å². The third kappa shape index (κ3) is 0.698. The van der Waals surface area contributed by atoms with Gasteiger partial charge in [-0.05, 0) is 6.40 Å². The molecule has 0 amide bonds. The van der Waals surface area contributed by atoms with Gasteiger partial charge in [0.2, 0.25) is 0 Å². The van der Waals surface area contributed by atoms with E-state index in [4.69, 9.17) is 10.6 Å². The summed E-state index contributed by atoms with van der Waals surface area (Å²) < 4.78 is 32.1. The van der Waals surface area contributed by atoms with Crippen LogP contribution in [0.25, 0.3) is 0 Å². The van der Waals surface area contributed by atoms with Crippen LogP contribution in [0.2, 0.25) is 0 Å². The van der Waals surface area contributed by atoms with Crippen LogP contribution in [0.1, 0.15) is 11.9 Å². The standard InChI is InChI=1S/C4H8O2/c5-4-1-2-6-3-4/h4-5H,1-3H2/t4-/m0/s1/i1D,3D2,4D/t1?,4-. The first-order valence-electron chi connectivity index (χ1n) is 3.74. The van der Waals surface area contributed by atoms with Gasteiger partial charge in [-0.3, -0.25) is 0 Å². The summed E-state index contributed by atoms with van der Waals surface area (Å²) in [7, 11) is 0. The molecule has 6 heavy (non-hydrogen) atoms. The molecule has 1 saturated heterocycles. The van der Waals surface area contributed by atoms with Crippen molar-refractivity contribution in [2.75, 3.05) is 13.2 Å². The fourth-order valence-corrected chi connectivity index (χ4v) is 0.278. The predicted octanol–water partition coefficient (Wildman–Crippen LogP) is -0.232. The Morgan fingerprint density at radius 2 is 3.00 bits per heavy atom. The Balaban J connectivity index is 2.84. The van der Waals surface area contributed by atoms with Gasteiger partial charge < -0.3 is 9.84 Å². The van der Waals surface area contributed by atoms with E-state index in [1.54, 1.807) is 0 Å². The monoisotopic (exact) mass is 92.1 g/mol. The van der Waals surface area contributed by atoms with Gasteiger partial charge >= 0.3 is 0 Å². The molecular weight excluding hydrogens is 80.0 g/mol. The van der Waals surface area contributed by atoms with Crippen LogP contribution in [0.5, 0.6) is 0 Å². The maximum atomic E-state index is 8.97. The summed E-state index contributed by atoms with van der Waals surface area (Å²) in [6.07, 6.45) is -3.64. The molecular formula is C4H8O2. The van der Waals surface area contributed by atoms with E-state index in [-0.39, 0.29) is 6.61 Å². The summed E-state index contributed by atoms with van der Waals surface area (Å²) >= 11 is 0. The molecule has 0 aliphatic carbocycles. The van der Waals surface area contributed by atoms with Gasteiger partial charge in [-0.15, -0.1) is 0 Å². The lowest BCUT2D eigenvalue weighted by Crippen LogP contribution is -2.02. The molecule has 0 aromatic heterocycles. The van der Waals surface area contributed by atoms with E-state index in [0.29, 0.717) is 0 Å². The minimum absolute atomic E-state index is 0.229. The fourth-order valence-electron chi connectivity index (χ4n) is 0.278. The van der Waals surface area contributed by atoms with Gasteiger partial charge in [-0.2, -0.15) is 0 Å². The third-order valence-electron chi connectivity index (χ3n) is 0.537. The average molecular weight is 92.1 g/mol. The SMILES string of the molecule is [2H]C1COC([2H])([2H])[C@@]1([2H])O. The molecule has 2 heteroatoms. The maximum absolute atomic E-state index is 8.97. The molecule has 2 atom stereocenters. The van der Waals surface area contributed by atoms with Crippen LogP contribution in [0.15, 0.2) is 0 Å². The second kappa shape index (κ2) is 1.58. The highest BCUT2D eigenvalue weighted by molar-refractivity contribution is 4.58. The molecule has 1 aliphatic heterocycles. The zero-order valence-electron chi connectivity index (χ0n) is 7.14. The Morgan fingerprint density at radius 1 is 2.17 bits per heavy atom. The van der Waals surface area contributed by atoms with Gasteiger partial charge in [0, 0.05) is 7.98 Å². The molecule has 0 saturated carbocycles. The summed E-state index contributed by atoms with van der Waals surface area (Å²) in [6.45, 7) is -2.63. The summed E-state index contributed by atoms with van der Waals surface area (Å²) in [5, 5.41) is 8.97. The molecule has 0 bridgehead atoms. The Morgan fingerprint density at radius 3 is 3.17 bits per heavy atom. The zero-order valence-corrected chi connectivity index (χ0v) is 3.14. The van der Waals surface area contributed by atoms with Crippen molar-refractivity contribution < 1.29 is 15.3 Å². The first-order chi connectivity index (χ1) is 4.38. The molecule has 1 rings (SSSR count). The molecule has 0 aromatic rings. The highest BCUT2D eigenvalue weighted by atomic mass is 16.5. The predicted molar refractivity (Wildman–Crippen MR) is 21.4 cm³/mol.